The third-order valence-corrected chi connectivity index (χ3v) is 5.88. The van der Waals surface area contributed by atoms with Crippen LogP contribution in [0.3, 0.4) is 0 Å². The molecule has 1 saturated carbocycles. The van der Waals surface area contributed by atoms with Gasteiger partial charge in [0, 0.05) is 38.6 Å². The van der Waals surface area contributed by atoms with Crippen LogP contribution >= 0.6 is 0 Å². The average Bonchev–Trinajstić information content (AvgIpc) is 3.07. The molecule has 3 amide bonds. The lowest BCUT2D eigenvalue weighted by molar-refractivity contribution is -0.131. The molecule has 0 bridgehead atoms. The number of urea groups is 1. The predicted octanol–water partition coefficient (Wildman–Crippen LogP) is 3.37. The van der Waals surface area contributed by atoms with Crippen LogP contribution in [0.15, 0.2) is 24.3 Å². The molecule has 1 heterocycles. The molecule has 1 aromatic carbocycles. The van der Waals surface area contributed by atoms with Gasteiger partial charge in [-0.1, -0.05) is 44.0 Å². The van der Waals surface area contributed by atoms with E-state index in [1.807, 2.05) is 9.80 Å². The van der Waals surface area contributed by atoms with Gasteiger partial charge in [-0.15, -0.1) is 0 Å². The number of carbonyl (C=O) groups excluding carboxylic acids is 2. The van der Waals surface area contributed by atoms with Crippen molar-refractivity contribution < 1.29 is 9.59 Å². The summed E-state index contributed by atoms with van der Waals surface area (Å²) in [4.78, 5) is 28.9. The molecule has 1 aromatic rings. The van der Waals surface area contributed by atoms with Crippen molar-refractivity contribution >= 4 is 11.9 Å². The second-order valence-corrected chi connectivity index (χ2v) is 7.82. The summed E-state index contributed by atoms with van der Waals surface area (Å²) < 4.78 is 0. The van der Waals surface area contributed by atoms with Crippen LogP contribution in [0.4, 0.5) is 4.79 Å². The zero-order chi connectivity index (χ0) is 19.1. The maximum absolute atomic E-state index is 12.6. The molecule has 1 saturated heterocycles. The van der Waals surface area contributed by atoms with E-state index in [-0.39, 0.29) is 11.9 Å². The van der Waals surface area contributed by atoms with E-state index in [2.05, 4.69) is 36.5 Å². The first kappa shape index (κ1) is 19.7. The number of nitrogens with zero attached hydrogens (tertiary/aromatic N) is 2. The molecule has 0 radical (unpaired) electrons. The second kappa shape index (κ2) is 9.77. The minimum Gasteiger partial charge on any atom is -0.341 e. The van der Waals surface area contributed by atoms with Crippen LogP contribution in [-0.4, -0.2) is 54.0 Å². The van der Waals surface area contributed by atoms with E-state index in [0.717, 1.165) is 45.2 Å². The maximum Gasteiger partial charge on any atom is 0.317 e. The standard InChI is InChI=1S/C22H33N3O2/c1-2-18-8-10-19(11-9-18)12-13-21(26)24-14-5-15-25(17-16-24)22(27)23-20-6-3-4-7-20/h8-11,20H,2-7,12-17H2,1H3,(H,23,27). The Morgan fingerprint density at radius 2 is 1.56 bits per heavy atom. The average molecular weight is 372 g/mol. The summed E-state index contributed by atoms with van der Waals surface area (Å²) in [5.41, 5.74) is 2.54. The Labute approximate surface area is 163 Å². The summed E-state index contributed by atoms with van der Waals surface area (Å²) in [6.07, 6.45) is 7.85. The normalized spacial score (nSPS) is 18.4. The fraction of sp³-hybridized carbons (Fsp3) is 0.636. The third kappa shape index (κ3) is 5.72. The van der Waals surface area contributed by atoms with Gasteiger partial charge < -0.3 is 15.1 Å². The molecule has 2 aliphatic rings. The topological polar surface area (TPSA) is 52.7 Å². The molecule has 5 heteroatoms. The lowest BCUT2D eigenvalue weighted by Gasteiger charge is -2.24. The molecule has 148 valence electrons. The van der Waals surface area contributed by atoms with Crippen molar-refractivity contribution in [3.63, 3.8) is 0 Å². The van der Waals surface area contributed by atoms with Crippen LogP contribution < -0.4 is 5.32 Å². The molecule has 27 heavy (non-hydrogen) atoms. The molecular formula is C22H33N3O2. The van der Waals surface area contributed by atoms with E-state index in [4.69, 9.17) is 0 Å². The Bertz CT molecular complexity index is 623. The van der Waals surface area contributed by atoms with Crippen LogP contribution in [0.1, 0.15) is 56.6 Å². The van der Waals surface area contributed by atoms with Crippen molar-refractivity contribution in [1.82, 2.24) is 15.1 Å². The molecule has 1 aliphatic carbocycles. The van der Waals surface area contributed by atoms with Crippen LogP contribution in [0.2, 0.25) is 0 Å². The van der Waals surface area contributed by atoms with Gasteiger partial charge in [-0.3, -0.25) is 4.79 Å². The van der Waals surface area contributed by atoms with E-state index in [9.17, 15) is 9.59 Å². The highest BCUT2D eigenvalue weighted by molar-refractivity contribution is 5.77. The number of carbonyl (C=O) groups is 2. The Hall–Kier alpha value is -2.04. The SMILES string of the molecule is CCc1ccc(CCC(=O)N2CCCN(C(=O)NC3CCCC3)CC2)cc1. The van der Waals surface area contributed by atoms with Gasteiger partial charge in [-0.25, -0.2) is 4.79 Å². The van der Waals surface area contributed by atoms with Gasteiger partial charge in [0.1, 0.15) is 0 Å². The van der Waals surface area contributed by atoms with Crippen LogP contribution in [0.5, 0.6) is 0 Å². The smallest absolute Gasteiger partial charge is 0.317 e. The number of hydrogen-bond acceptors (Lipinski definition) is 2. The van der Waals surface area contributed by atoms with Gasteiger partial charge >= 0.3 is 6.03 Å². The fourth-order valence-corrected chi connectivity index (χ4v) is 4.06. The molecule has 0 unspecified atom stereocenters. The number of benzene rings is 1. The summed E-state index contributed by atoms with van der Waals surface area (Å²) in [6, 6.07) is 8.94. The fourth-order valence-electron chi connectivity index (χ4n) is 4.06. The highest BCUT2D eigenvalue weighted by Gasteiger charge is 2.24. The number of aryl methyl sites for hydroxylation is 2. The summed E-state index contributed by atoms with van der Waals surface area (Å²) in [6.45, 7) is 4.91. The quantitative estimate of drug-likeness (QED) is 0.863. The number of rotatable bonds is 5. The molecule has 1 N–H and O–H groups in total. The van der Waals surface area contributed by atoms with Crippen molar-refractivity contribution in [1.29, 1.82) is 0 Å². The molecule has 0 aromatic heterocycles. The van der Waals surface area contributed by atoms with Crippen molar-refractivity contribution in [2.75, 3.05) is 26.2 Å². The second-order valence-electron chi connectivity index (χ2n) is 7.82. The Kier molecular flexibility index (Phi) is 7.13. The third-order valence-electron chi connectivity index (χ3n) is 5.88. The van der Waals surface area contributed by atoms with E-state index in [1.165, 1.54) is 24.0 Å². The Morgan fingerprint density at radius 3 is 2.26 bits per heavy atom. The molecule has 3 rings (SSSR count). The molecule has 1 aliphatic heterocycles. The maximum atomic E-state index is 12.6. The molecule has 0 atom stereocenters. The lowest BCUT2D eigenvalue weighted by Crippen LogP contribution is -2.45. The first-order valence-electron chi connectivity index (χ1n) is 10.6. The zero-order valence-electron chi connectivity index (χ0n) is 16.6. The van der Waals surface area contributed by atoms with Crippen LogP contribution in [-0.2, 0) is 17.6 Å². The van der Waals surface area contributed by atoms with Crippen molar-refractivity contribution in [2.24, 2.45) is 0 Å². The number of amides is 3. The zero-order valence-corrected chi connectivity index (χ0v) is 16.6. The Morgan fingerprint density at radius 1 is 0.926 bits per heavy atom. The highest BCUT2D eigenvalue weighted by atomic mass is 16.2. The molecule has 2 fully saturated rings. The van der Waals surface area contributed by atoms with E-state index < -0.39 is 0 Å². The summed E-state index contributed by atoms with van der Waals surface area (Å²) in [5, 5.41) is 3.16. The van der Waals surface area contributed by atoms with Crippen LogP contribution in [0, 0.1) is 0 Å². The first-order valence-corrected chi connectivity index (χ1v) is 10.6. The lowest BCUT2D eigenvalue weighted by atomic mass is 10.1. The minimum absolute atomic E-state index is 0.0483. The number of nitrogens with one attached hydrogen (secondary N) is 1. The Balaban J connectivity index is 1.43. The van der Waals surface area contributed by atoms with Crippen LogP contribution in [0.25, 0.3) is 0 Å². The van der Waals surface area contributed by atoms with E-state index in [0.29, 0.717) is 25.6 Å². The van der Waals surface area contributed by atoms with Gasteiger partial charge in [-0.2, -0.15) is 0 Å². The summed E-state index contributed by atoms with van der Waals surface area (Å²) in [7, 11) is 0. The highest BCUT2D eigenvalue weighted by Crippen LogP contribution is 2.18. The number of hydrogen-bond donors (Lipinski definition) is 1. The van der Waals surface area contributed by atoms with E-state index in [1.54, 1.807) is 0 Å². The van der Waals surface area contributed by atoms with Gasteiger partial charge in [0.05, 0.1) is 0 Å². The van der Waals surface area contributed by atoms with Gasteiger partial charge in [0.25, 0.3) is 0 Å². The van der Waals surface area contributed by atoms with Crippen molar-refractivity contribution in [2.45, 2.75) is 64.3 Å². The van der Waals surface area contributed by atoms with Gasteiger partial charge in [-0.05, 0) is 43.2 Å². The monoisotopic (exact) mass is 371 g/mol. The predicted molar refractivity (Wildman–Crippen MR) is 108 cm³/mol. The molecule has 0 spiro atoms. The largest absolute Gasteiger partial charge is 0.341 e. The first-order chi connectivity index (χ1) is 13.2. The van der Waals surface area contributed by atoms with Crippen molar-refractivity contribution in [3.05, 3.63) is 35.4 Å². The van der Waals surface area contributed by atoms with E-state index >= 15 is 0 Å². The molecular weight excluding hydrogens is 338 g/mol. The molecule has 5 nitrogen and oxygen atoms in total. The van der Waals surface area contributed by atoms with Gasteiger partial charge in [0.2, 0.25) is 5.91 Å². The summed E-state index contributed by atoms with van der Waals surface area (Å²) >= 11 is 0. The minimum atomic E-state index is 0.0483. The van der Waals surface area contributed by atoms with Crippen molar-refractivity contribution in [3.8, 4) is 0 Å². The summed E-state index contributed by atoms with van der Waals surface area (Å²) in [5.74, 6) is 0.201. The van der Waals surface area contributed by atoms with Gasteiger partial charge in [0.15, 0.2) is 0 Å².